The summed E-state index contributed by atoms with van der Waals surface area (Å²) in [5, 5.41) is 12.7. The van der Waals surface area contributed by atoms with Crippen LogP contribution in [0.1, 0.15) is 38.1 Å². The van der Waals surface area contributed by atoms with Gasteiger partial charge in [0.1, 0.15) is 5.82 Å². The van der Waals surface area contributed by atoms with Crippen molar-refractivity contribution in [1.82, 2.24) is 9.55 Å². The Morgan fingerprint density at radius 1 is 1.56 bits per heavy atom. The lowest BCUT2D eigenvalue weighted by Crippen LogP contribution is -2.26. The summed E-state index contributed by atoms with van der Waals surface area (Å²) in [4.78, 5) is 4.36. The van der Waals surface area contributed by atoms with Crippen LogP contribution in [0.2, 0.25) is 0 Å². The molecule has 1 aromatic heterocycles. The van der Waals surface area contributed by atoms with Gasteiger partial charge in [-0.05, 0) is 25.2 Å². The third kappa shape index (κ3) is 1.22. The van der Waals surface area contributed by atoms with Gasteiger partial charge >= 0.3 is 0 Å². The number of imidazole rings is 1. The van der Waals surface area contributed by atoms with Crippen LogP contribution in [0.25, 0.3) is 0 Å². The molecule has 0 aliphatic heterocycles. The van der Waals surface area contributed by atoms with Crippen molar-refractivity contribution in [3.8, 4) is 0 Å². The van der Waals surface area contributed by atoms with Crippen molar-refractivity contribution in [2.75, 3.05) is 0 Å². The van der Waals surface area contributed by atoms with Crippen LogP contribution in [0.15, 0.2) is 17.5 Å². The zero-order valence-electron chi connectivity index (χ0n) is 9.50. The van der Waals surface area contributed by atoms with Gasteiger partial charge in [-0.1, -0.05) is 12.1 Å². The van der Waals surface area contributed by atoms with E-state index in [9.17, 15) is 5.21 Å². The number of aromatic nitrogens is 2. The fourth-order valence-corrected chi connectivity index (χ4v) is 3.44. The van der Waals surface area contributed by atoms with Crippen LogP contribution >= 0.6 is 0 Å². The van der Waals surface area contributed by atoms with Gasteiger partial charge in [-0.2, -0.15) is 0 Å². The highest BCUT2D eigenvalue weighted by atomic mass is 16.4. The predicted molar refractivity (Wildman–Crippen MR) is 60.7 cm³/mol. The van der Waals surface area contributed by atoms with Crippen LogP contribution in [-0.4, -0.2) is 20.5 Å². The average molecular weight is 219 g/mol. The minimum Gasteiger partial charge on any atom is -0.411 e. The molecule has 4 heteroatoms. The highest BCUT2D eigenvalue weighted by molar-refractivity contribution is 5.93. The second-order valence-corrected chi connectivity index (χ2v) is 4.84. The van der Waals surface area contributed by atoms with Crippen molar-refractivity contribution >= 4 is 5.71 Å². The lowest BCUT2D eigenvalue weighted by molar-refractivity contribution is 0.306. The quantitative estimate of drug-likeness (QED) is 0.612. The maximum atomic E-state index is 9.18. The number of fused-ring (bicyclic) bond motifs is 2. The molecule has 16 heavy (non-hydrogen) atoms. The fraction of sp³-hybridized carbons (Fsp3) is 0.667. The molecule has 2 bridgehead atoms. The number of rotatable bonds is 2. The maximum absolute atomic E-state index is 9.18. The van der Waals surface area contributed by atoms with Crippen molar-refractivity contribution in [3.05, 3.63) is 18.2 Å². The summed E-state index contributed by atoms with van der Waals surface area (Å²) < 4.78 is 2.21. The number of aryl methyl sites for hydroxylation is 1. The van der Waals surface area contributed by atoms with E-state index < -0.39 is 0 Å². The first-order valence-electron chi connectivity index (χ1n) is 6.08. The molecule has 0 unspecified atom stereocenters. The van der Waals surface area contributed by atoms with Crippen LogP contribution in [0.5, 0.6) is 0 Å². The minimum atomic E-state index is 0.265. The monoisotopic (exact) mass is 219 g/mol. The molecule has 1 N–H and O–H groups in total. The summed E-state index contributed by atoms with van der Waals surface area (Å²) >= 11 is 0. The van der Waals surface area contributed by atoms with Gasteiger partial charge in [0, 0.05) is 24.7 Å². The molecule has 4 nitrogen and oxygen atoms in total. The summed E-state index contributed by atoms with van der Waals surface area (Å²) in [6.07, 6.45) is 8.44. The van der Waals surface area contributed by atoms with Crippen LogP contribution < -0.4 is 0 Å². The van der Waals surface area contributed by atoms with E-state index in [1.54, 1.807) is 0 Å². The van der Waals surface area contributed by atoms with Crippen LogP contribution in [-0.2, 0) is 6.42 Å². The highest BCUT2D eigenvalue weighted by Gasteiger charge is 2.46. The van der Waals surface area contributed by atoms with Crippen molar-refractivity contribution < 1.29 is 5.21 Å². The second kappa shape index (κ2) is 3.61. The zero-order valence-corrected chi connectivity index (χ0v) is 9.50. The SMILES string of the molecule is CCc1nccn1[C@@H]1/C(=N\O)[C@H]2CC[C@@H]1C2. The van der Waals surface area contributed by atoms with Crippen LogP contribution in [0.3, 0.4) is 0 Å². The molecule has 3 rings (SSSR count). The van der Waals surface area contributed by atoms with Gasteiger partial charge in [-0.25, -0.2) is 4.98 Å². The summed E-state index contributed by atoms with van der Waals surface area (Å²) in [6.45, 7) is 2.11. The molecule has 86 valence electrons. The Hall–Kier alpha value is -1.32. The van der Waals surface area contributed by atoms with Gasteiger partial charge in [-0.3, -0.25) is 0 Å². The minimum absolute atomic E-state index is 0.265. The molecule has 0 radical (unpaired) electrons. The lowest BCUT2D eigenvalue weighted by atomic mass is 9.93. The maximum Gasteiger partial charge on any atom is 0.108 e. The van der Waals surface area contributed by atoms with Crippen molar-refractivity contribution in [3.63, 3.8) is 0 Å². The molecule has 1 heterocycles. The molecule has 0 saturated heterocycles. The van der Waals surface area contributed by atoms with E-state index in [2.05, 4.69) is 21.6 Å². The fourth-order valence-electron chi connectivity index (χ4n) is 3.44. The molecular weight excluding hydrogens is 202 g/mol. The third-order valence-electron chi connectivity index (χ3n) is 4.12. The number of hydrogen-bond acceptors (Lipinski definition) is 3. The molecule has 0 amide bonds. The molecule has 2 saturated carbocycles. The van der Waals surface area contributed by atoms with E-state index in [-0.39, 0.29) is 6.04 Å². The Labute approximate surface area is 95.0 Å². The Bertz CT molecular complexity index is 424. The van der Waals surface area contributed by atoms with Crippen molar-refractivity contribution in [2.24, 2.45) is 17.0 Å². The Kier molecular flexibility index (Phi) is 2.23. The lowest BCUT2D eigenvalue weighted by Gasteiger charge is -2.25. The molecule has 2 aliphatic rings. The van der Waals surface area contributed by atoms with E-state index in [0.29, 0.717) is 11.8 Å². The molecule has 3 atom stereocenters. The van der Waals surface area contributed by atoms with Gasteiger partial charge in [0.25, 0.3) is 0 Å². The first-order chi connectivity index (χ1) is 7.85. The highest BCUT2D eigenvalue weighted by Crippen LogP contribution is 2.49. The van der Waals surface area contributed by atoms with E-state index in [1.807, 2.05) is 12.4 Å². The molecular formula is C12H17N3O. The number of hydrogen-bond donors (Lipinski definition) is 1. The largest absolute Gasteiger partial charge is 0.411 e. The summed E-state index contributed by atoms with van der Waals surface area (Å²) in [5.41, 5.74) is 0.976. The van der Waals surface area contributed by atoms with Crippen molar-refractivity contribution in [2.45, 2.75) is 38.6 Å². The number of nitrogens with zero attached hydrogens (tertiary/aromatic N) is 3. The molecule has 2 aliphatic carbocycles. The Balaban J connectivity index is 2.00. The van der Waals surface area contributed by atoms with Gasteiger partial charge in [0.05, 0.1) is 11.8 Å². The topological polar surface area (TPSA) is 50.4 Å². The molecule has 1 aromatic rings. The van der Waals surface area contributed by atoms with Gasteiger partial charge in [-0.15, -0.1) is 0 Å². The smallest absolute Gasteiger partial charge is 0.108 e. The standard InChI is InChI=1S/C12H17N3O/c1-2-10-13-5-6-15(10)12-9-4-3-8(7-9)11(12)14-16/h5-6,8-9,12,16H,2-4,7H2,1H3/b14-11-/t8-,9+,12-/m0/s1. The summed E-state index contributed by atoms with van der Waals surface area (Å²) in [6, 6.07) is 0.265. The van der Waals surface area contributed by atoms with Crippen LogP contribution in [0.4, 0.5) is 0 Å². The predicted octanol–water partition coefficient (Wildman–Crippen LogP) is 2.25. The van der Waals surface area contributed by atoms with E-state index in [4.69, 9.17) is 0 Å². The third-order valence-corrected chi connectivity index (χ3v) is 4.12. The summed E-state index contributed by atoms with van der Waals surface area (Å²) in [5.74, 6) is 2.25. The first-order valence-corrected chi connectivity index (χ1v) is 6.08. The van der Waals surface area contributed by atoms with Gasteiger partial charge in [0.2, 0.25) is 0 Å². The average Bonchev–Trinajstić information content (AvgIpc) is 3.01. The zero-order chi connectivity index (χ0) is 11.1. The summed E-state index contributed by atoms with van der Waals surface area (Å²) in [7, 11) is 0. The Morgan fingerprint density at radius 3 is 3.19 bits per heavy atom. The van der Waals surface area contributed by atoms with Crippen LogP contribution in [0, 0.1) is 11.8 Å². The Morgan fingerprint density at radius 2 is 2.44 bits per heavy atom. The molecule has 0 aromatic carbocycles. The molecule has 0 spiro atoms. The normalized spacial score (nSPS) is 35.1. The number of oxime groups is 1. The van der Waals surface area contributed by atoms with E-state index in [0.717, 1.165) is 18.0 Å². The first kappa shape index (κ1) is 9.87. The van der Waals surface area contributed by atoms with Gasteiger partial charge < -0.3 is 9.77 Å². The van der Waals surface area contributed by atoms with Crippen molar-refractivity contribution in [1.29, 1.82) is 0 Å². The van der Waals surface area contributed by atoms with E-state index >= 15 is 0 Å². The second-order valence-electron chi connectivity index (χ2n) is 4.84. The van der Waals surface area contributed by atoms with Gasteiger partial charge in [0.15, 0.2) is 0 Å². The molecule has 2 fully saturated rings. The van der Waals surface area contributed by atoms with E-state index in [1.165, 1.54) is 19.3 Å².